The molecule has 1 saturated carbocycles. The summed E-state index contributed by atoms with van der Waals surface area (Å²) in [5, 5.41) is 9.40. The molecule has 0 saturated heterocycles. The number of ether oxygens (including phenoxy) is 1. The highest BCUT2D eigenvalue weighted by molar-refractivity contribution is 5.92. The third kappa shape index (κ3) is 8.41. The van der Waals surface area contributed by atoms with E-state index in [2.05, 4.69) is 20.9 Å². The Morgan fingerprint density at radius 2 is 1.82 bits per heavy atom. The van der Waals surface area contributed by atoms with Gasteiger partial charge in [-0.2, -0.15) is 0 Å². The van der Waals surface area contributed by atoms with E-state index in [1.54, 1.807) is 20.2 Å². The molecule has 1 aromatic heterocycles. The van der Waals surface area contributed by atoms with Crippen molar-refractivity contribution in [1.82, 2.24) is 25.8 Å². The van der Waals surface area contributed by atoms with Crippen LogP contribution in [0.2, 0.25) is 0 Å². The molecule has 0 aromatic carbocycles. The highest BCUT2D eigenvalue weighted by atomic mass is 16.5. The predicted molar refractivity (Wildman–Crippen MR) is 148 cm³/mol. The Hall–Kier alpha value is -2.68. The Kier molecular flexibility index (Phi) is 11.4. The van der Waals surface area contributed by atoms with Gasteiger partial charge in [0.15, 0.2) is 0 Å². The van der Waals surface area contributed by atoms with Crippen LogP contribution in [0.3, 0.4) is 0 Å². The summed E-state index contributed by atoms with van der Waals surface area (Å²) in [5.74, 6) is 0.529. The van der Waals surface area contributed by atoms with Crippen molar-refractivity contribution in [3.63, 3.8) is 0 Å². The maximum Gasteiger partial charge on any atom is 0.243 e. The van der Waals surface area contributed by atoms with Crippen LogP contribution < -0.4 is 20.7 Å². The molecule has 0 spiro atoms. The summed E-state index contributed by atoms with van der Waals surface area (Å²) in [6, 6.07) is 2.01. The van der Waals surface area contributed by atoms with Crippen molar-refractivity contribution >= 4 is 17.7 Å². The number of fused-ring (bicyclic) bond motifs is 1. The number of nitrogens with one attached hydrogen (secondary N) is 3. The summed E-state index contributed by atoms with van der Waals surface area (Å²) in [6.07, 6.45) is 8.80. The van der Waals surface area contributed by atoms with Crippen LogP contribution in [0.1, 0.15) is 78.3 Å². The Labute approximate surface area is 227 Å². The maximum absolute atomic E-state index is 13.8. The van der Waals surface area contributed by atoms with Gasteiger partial charge in [0.2, 0.25) is 17.7 Å². The Balaban J connectivity index is 1.87. The van der Waals surface area contributed by atoms with Crippen molar-refractivity contribution in [2.45, 2.75) is 103 Å². The minimum atomic E-state index is -0.705. The van der Waals surface area contributed by atoms with Gasteiger partial charge in [0.1, 0.15) is 23.9 Å². The van der Waals surface area contributed by atoms with Crippen molar-refractivity contribution in [3.05, 3.63) is 24.0 Å². The van der Waals surface area contributed by atoms with Gasteiger partial charge in [-0.25, -0.2) is 0 Å². The molecule has 9 nitrogen and oxygen atoms in total. The number of hydrogen-bond acceptors (Lipinski definition) is 6. The fourth-order valence-corrected chi connectivity index (χ4v) is 5.36. The Bertz CT molecular complexity index is 933. The predicted octanol–water partition coefficient (Wildman–Crippen LogP) is 2.83. The van der Waals surface area contributed by atoms with Crippen LogP contribution in [0.15, 0.2) is 18.3 Å². The van der Waals surface area contributed by atoms with Crippen LogP contribution in [-0.4, -0.2) is 72.0 Å². The van der Waals surface area contributed by atoms with Gasteiger partial charge in [-0.05, 0) is 69.9 Å². The molecule has 4 atom stereocenters. The van der Waals surface area contributed by atoms with Crippen LogP contribution in [0, 0.1) is 11.8 Å². The monoisotopic (exact) mass is 529 g/mol. The number of pyridine rings is 1. The van der Waals surface area contributed by atoms with E-state index in [0.717, 1.165) is 37.1 Å². The van der Waals surface area contributed by atoms with Crippen LogP contribution in [0.4, 0.5) is 0 Å². The molecule has 3 amide bonds. The van der Waals surface area contributed by atoms with Gasteiger partial charge in [0, 0.05) is 26.3 Å². The van der Waals surface area contributed by atoms with E-state index in [-0.39, 0.29) is 35.7 Å². The molecule has 2 heterocycles. The molecule has 3 rings (SSSR count). The van der Waals surface area contributed by atoms with Crippen molar-refractivity contribution in [2.24, 2.45) is 11.8 Å². The third-order valence-corrected chi connectivity index (χ3v) is 7.73. The first-order chi connectivity index (χ1) is 18.2. The number of amides is 3. The van der Waals surface area contributed by atoms with Crippen molar-refractivity contribution < 1.29 is 19.1 Å². The lowest BCUT2D eigenvalue weighted by molar-refractivity contribution is -0.142. The van der Waals surface area contributed by atoms with E-state index in [1.165, 1.54) is 11.3 Å². The maximum atomic E-state index is 13.8. The lowest BCUT2D eigenvalue weighted by atomic mass is 9.83. The molecule has 1 aliphatic carbocycles. The second-order valence-corrected chi connectivity index (χ2v) is 11.4. The van der Waals surface area contributed by atoms with E-state index in [0.29, 0.717) is 32.4 Å². The van der Waals surface area contributed by atoms with Crippen LogP contribution in [-0.2, 0) is 20.8 Å². The molecule has 3 N–H and O–H groups in total. The van der Waals surface area contributed by atoms with E-state index >= 15 is 0 Å². The topological polar surface area (TPSA) is 113 Å². The van der Waals surface area contributed by atoms with Gasteiger partial charge in [-0.3, -0.25) is 19.4 Å². The smallest absolute Gasteiger partial charge is 0.243 e. The van der Waals surface area contributed by atoms with Gasteiger partial charge in [0.25, 0.3) is 0 Å². The summed E-state index contributed by atoms with van der Waals surface area (Å²) in [6.45, 7) is 8.72. The highest BCUT2D eigenvalue weighted by Crippen LogP contribution is 2.28. The minimum absolute atomic E-state index is 0.0974. The lowest BCUT2D eigenvalue weighted by Crippen LogP contribution is -2.58. The summed E-state index contributed by atoms with van der Waals surface area (Å²) in [5.41, 5.74) is 0.843. The van der Waals surface area contributed by atoms with Crippen molar-refractivity contribution in [2.75, 3.05) is 20.1 Å². The van der Waals surface area contributed by atoms with Crippen molar-refractivity contribution in [3.8, 4) is 5.75 Å². The summed E-state index contributed by atoms with van der Waals surface area (Å²) >= 11 is 0. The molecule has 1 aromatic rings. The minimum Gasteiger partial charge on any atom is -0.487 e. The quantitative estimate of drug-likeness (QED) is 0.555. The highest BCUT2D eigenvalue weighted by Gasteiger charge is 2.35. The van der Waals surface area contributed by atoms with Gasteiger partial charge in [-0.15, -0.1) is 0 Å². The average Bonchev–Trinajstić information content (AvgIpc) is 2.90. The van der Waals surface area contributed by atoms with Crippen LogP contribution in [0.25, 0.3) is 0 Å². The van der Waals surface area contributed by atoms with Gasteiger partial charge in [-0.1, -0.05) is 33.1 Å². The molecular formula is C29H47N5O4. The fraction of sp³-hybridized carbons (Fsp3) is 0.724. The number of carbonyl (C=O) groups is 3. The lowest BCUT2D eigenvalue weighted by Gasteiger charge is -2.35. The number of rotatable bonds is 3. The second-order valence-electron chi connectivity index (χ2n) is 11.4. The number of nitrogens with zero attached hydrogens (tertiary/aromatic N) is 2. The molecule has 0 unspecified atom stereocenters. The normalized spacial score (nSPS) is 27.5. The van der Waals surface area contributed by atoms with E-state index in [1.807, 2.05) is 32.9 Å². The van der Waals surface area contributed by atoms with E-state index in [4.69, 9.17) is 4.74 Å². The summed E-state index contributed by atoms with van der Waals surface area (Å²) in [4.78, 5) is 46.1. The zero-order chi connectivity index (χ0) is 27.7. The Morgan fingerprint density at radius 1 is 1.08 bits per heavy atom. The molecule has 9 heteroatoms. The zero-order valence-corrected chi connectivity index (χ0v) is 23.8. The SMILES string of the molecule is CC(C)C[C@H]1NC(=O)[C@@H](C)N(C)C(=O)[C@H](C2CCCCC2)NC[C@@H](C)Oc2cccnc2CCCNC1=O. The number of aryl methyl sites for hydroxylation is 1. The number of aromatic nitrogens is 1. The number of carbonyl (C=O) groups excluding carboxylic acids is 3. The Morgan fingerprint density at radius 3 is 2.53 bits per heavy atom. The molecule has 2 aliphatic rings. The van der Waals surface area contributed by atoms with Crippen LogP contribution in [0.5, 0.6) is 5.75 Å². The van der Waals surface area contributed by atoms with E-state index in [9.17, 15) is 14.4 Å². The molecular weight excluding hydrogens is 482 g/mol. The zero-order valence-electron chi connectivity index (χ0n) is 23.8. The molecule has 0 radical (unpaired) electrons. The molecule has 38 heavy (non-hydrogen) atoms. The summed E-state index contributed by atoms with van der Waals surface area (Å²) < 4.78 is 6.26. The van der Waals surface area contributed by atoms with Gasteiger partial charge >= 0.3 is 0 Å². The molecule has 212 valence electrons. The number of hydrogen-bond donors (Lipinski definition) is 3. The van der Waals surface area contributed by atoms with Gasteiger partial charge < -0.3 is 25.6 Å². The first-order valence-corrected chi connectivity index (χ1v) is 14.4. The summed E-state index contributed by atoms with van der Waals surface area (Å²) in [7, 11) is 1.68. The number of likely N-dealkylation sites (N-methyl/N-ethyl adjacent to an activating group) is 1. The average molecular weight is 530 g/mol. The standard InChI is InChI=1S/C29H47N5O4/c1-19(2)17-24-28(36)31-16-9-13-23-25(14-10-15-30-23)38-20(3)18-32-26(22-11-7-6-8-12-22)29(37)34(5)21(4)27(35)33-24/h10,14-15,19-22,24,26,32H,6-9,11-13,16-18H2,1-5H3,(H,31,36)(H,33,35)/t20-,21-,24-,26+/m1/s1. The first kappa shape index (κ1) is 29.9. The first-order valence-electron chi connectivity index (χ1n) is 14.4. The molecule has 0 bridgehead atoms. The molecule has 1 aliphatic heterocycles. The third-order valence-electron chi connectivity index (χ3n) is 7.73. The second kappa shape index (κ2) is 14.5. The van der Waals surface area contributed by atoms with Gasteiger partial charge in [0.05, 0.1) is 11.7 Å². The fourth-order valence-electron chi connectivity index (χ4n) is 5.36. The van der Waals surface area contributed by atoms with E-state index < -0.39 is 18.1 Å². The molecule has 1 fully saturated rings. The van der Waals surface area contributed by atoms with Crippen LogP contribution >= 0.6 is 0 Å². The van der Waals surface area contributed by atoms with Crippen molar-refractivity contribution in [1.29, 1.82) is 0 Å². The largest absolute Gasteiger partial charge is 0.487 e.